The largest absolute Gasteiger partial charge is 0.496 e. The van der Waals surface area contributed by atoms with Gasteiger partial charge in [0.15, 0.2) is 23.0 Å². The van der Waals surface area contributed by atoms with Crippen molar-refractivity contribution in [1.29, 1.82) is 0 Å². The molecule has 0 aromatic heterocycles. The molecule has 3 aromatic rings. The Morgan fingerprint density at radius 3 is 1.95 bits per heavy atom. The molecule has 0 atom stereocenters. The third-order valence-corrected chi connectivity index (χ3v) is 6.68. The molecule has 0 aliphatic heterocycles. The molecule has 0 unspecified atom stereocenters. The SMILES string of the molecule is COc1cc(-c2ccc(CCO)cc2)c(OC)c(OS(C)(=O)=O)c1-c1ccc(OCC=C(C)C)c(OS(C)(=O)=O)c1. The number of allylic oxidation sites excluding steroid dienone is 1. The minimum absolute atomic E-state index is 0.00133. The standard InChI is InChI=1S/C29H34O10S2/c1-19(2)14-16-37-24-12-11-22(17-25(24)38-40(5,31)32)27-26(35-3)18-23(21-9-7-20(8-10-21)13-15-30)28(36-4)29(27)39-41(6,33)34/h7-12,14,17-18,30H,13,15-16H2,1-6H3. The first-order valence-corrected chi connectivity index (χ1v) is 16.1. The van der Waals surface area contributed by atoms with Crippen LogP contribution in [0.25, 0.3) is 22.3 Å². The molecule has 222 valence electrons. The van der Waals surface area contributed by atoms with Gasteiger partial charge in [-0.15, -0.1) is 0 Å². The lowest BCUT2D eigenvalue weighted by Gasteiger charge is -2.21. The Labute approximate surface area is 241 Å². The number of rotatable bonds is 13. The quantitative estimate of drug-likeness (QED) is 0.217. The molecule has 12 heteroatoms. The topological polar surface area (TPSA) is 135 Å². The first-order valence-electron chi connectivity index (χ1n) is 12.4. The molecule has 0 amide bonds. The zero-order valence-electron chi connectivity index (χ0n) is 23.8. The van der Waals surface area contributed by atoms with Crippen molar-refractivity contribution >= 4 is 20.2 Å². The van der Waals surface area contributed by atoms with Gasteiger partial charge in [0.05, 0.1) is 32.3 Å². The summed E-state index contributed by atoms with van der Waals surface area (Å²) in [5.41, 5.74) is 3.58. The summed E-state index contributed by atoms with van der Waals surface area (Å²) in [7, 11) is -5.23. The first kappa shape index (κ1) is 31.8. The van der Waals surface area contributed by atoms with Gasteiger partial charge in [-0.3, -0.25) is 0 Å². The molecule has 3 rings (SSSR count). The smallest absolute Gasteiger partial charge is 0.306 e. The van der Waals surface area contributed by atoms with E-state index < -0.39 is 20.2 Å². The normalized spacial score (nSPS) is 11.5. The number of aliphatic hydroxyl groups is 1. The van der Waals surface area contributed by atoms with Gasteiger partial charge in [-0.2, -0.15) is 16.8 Å². The van der Waals surface area contributed by atoms with Crippen molar-refractivity contribution in [1.82, 2.24) is 0 Å². The molecule has 0 aliphatic carbocycles. The van der Waals surface area contributed by atoms with Gasteiger partial charge in [0, 0.05) is 12.2 Å². The molecule has 0 saturated carbocycles. The molecular formula is C29H34O10S2. The lowest BCUT2D eigenvalue weighted by Crippen LogP contribution is -2.10. The summed E-state index contributed by atoms with van der Waals surface area (Å²) in [5.74, 6) is 0.222. The molecule has 41 heavy (non-hydrogen) atoms. The van der Waals surface area contributed by atoms with E-state index in [1.54, 1.807) is 12.1 Å². The third kappa shape index (κ3) is 8.62. The van der Waals surface area contributed by atoms with Crippen molar-refractivity contribution in [2.45, 2.75) is 20.3 Å². The average Bonchev–Trinajstić information content (AvgIpc) is 2.87. The van der Waals surface area contributed by atoms with E-state index in [9.17, 15) is 21.9 Å². The molecule has 10 nitrogen and oxygen atoms in total. The van der Waals surface area contributed by atoms with E-state index >= 15 is 0 Å². The van der Waals surface area contributed by atoms with Gasteiger partial charge in [0.2, 0.25) is 0 Å². The van der Waals surface area contributed by atoms with Crippen LogP contribution in [0, 0.1) is 0 Å². The van der Waals surface area contributed by atoms with Crippen LogP contribution in [0.4, 0.5) is 0 Å². The Kier molecular flexibility index (Phi) is 10.3. The summed E-state index contributed by atoms with van der Waals surface area (Å²) in [6.07, 6.45) is 4.10. The molecule has 0 aliphatic rings. The number of methoxy groups -OCH3 is 2. The summed E-state index contributed by atoms with van der Waals surface area (Å²) in [5, 5.41) is 9.24. The predicted molar refractivity (Wildman–Crippen MR) is 157 cm³/mol. The second-order valence-electron chi connectivity index (χ2n) is 9.36. The minimum Gasteiger partial charge on any atom is -0.496 e. The Bertz CT molecular complexity index is 1620. The predicted octanol–water partition coefficient (Wildman–Crippen LogP) is 4.59. The summed E-state index contributed by atoms with van der Waals surface area (Å²) in [4.78, 5) is 0. The number of hydrogen-bond donors (Lipinski definition) is 1. The Morgan fingerprint density at radius 1 is 0.780 bits per heavy atom. The second kappa shape index (κ2) is 13.3. The van der Waals surface area contributed by atoms with Crippen molar-refractivity contribution in [3.63, 3.8) is 0 Å². The van der Waals surface area contributed by atoms with Gasteiger partial charge in [-0.1, -0.05) is 35.9 Å². The van der Waals surface area contributed by atoms with Crippen LogP contribution < -0.4 is 22.6 Å². The van der Waals surface area contributed by atoms with Crippen molar-refractivity contribution < 1.29 is 44.5 Å². The van der Waals surface area contributed by atoms with E-state index in [4.69, 9.17) is 22.6 Å². The molecule has 0 heterocycles. The fourth-order valence-corrected chi connectivity index (χ4v) is 4.91. The number of hydrogen-bond acceptors (Lipinski definition) is 10. The van der Waals surface area contributed by atoms with E-state index in [1.165, 1.54) is 26.4 Å². The molecule has 0 bridgehead atoms. The van der Waals surface area contributed by atoms with Crippen molar-refractivity contribution in [2.24, 2.45) is 0 Å². The van der Waals surface area contributed by atoms with Crippen LogP contribution in [0.1, 0.15) is 19.4 Å². The second-order valence-corrected chi connectivity index (χ2v) is 12.5. The van der Waals surface area contributed by atoms with E-state index in [1.807, 2.05) is 44.2 Å². The Balaban J connectivity index is 2.31. The zero-order chi connectivity index (χ0) is 30.4. The van der Waals surface area contributed by atoms with E-state index in [2.05, 4.69) is 0 Å². The first-order chi connectivity index (χ1) is 19.3. The summed E-state index contributed by atoms with van der Waals surface area (Å²) in [6, 6.07) is 13.5. The van der Waals surface area contributed by atoms with Gasteiger partial charge < -0.3 is 27.7 Å². The molecule has 0 radical (unpaired) electrons. The average molecular weight is 607 g/mol. The fraction of sp³-hybridized carbons (Fsp3) is 0.310. The Morgan fingerprint density at radius 2 is 1.41 bits per heavy atom. The lowest BCUT2D eigenvalue weighted by molar-refractivity contribution is 0.299. The summed E-state index contributed by atoms with van der Waals surface area (Å²) >= 11 is 0. The highest BCUT2D eigenvalue weighted by atomic mass is 32.2. The maximum Gasteiger partial charge on any atom is 0.306 e. The van der Waals surface area contributed by atoms with E-state index in [0.29, 0.717) is 23.1 Å². The summed E-state index contributed by atoms with van der Waals surface area (Å²) < 4.78 is 76.8. The van der Waals surface area contributed by atoms with Crippen LogP contribution in [-0.2, 0) is 26.7 Å². The van der Waals surface area contributed by atoms with E-state index in [0.717, 1.165) is 23.6 Å². The van der Waals surface area contributed by atoms with Crippen molar-refractivity contribution in [2.75, 3.05) is 39.9 Å². The number of aliphatic hydroxyl groups excluding tert-OH is 1. The highest BCUT2D eigenvalue weighted by Gasteiger charge is 2.27. The maximum absolute atomic E-state index is 12.4. The molecule has 3 aromatic carbocycles. The molecular weight excluding hydrogens is 572 g/mol. The number of benzene rings is 3. The molecule has 1 N–H and O–H groups in total. The van der Waals surface area contributed by atoms with Crippen LogP contribution in [0.5, 0.6) is 28.7 Å². The van der Waals surface area contributed by atoms with Gasteiger partial charge in [0.1, 0.15) is 12.4 Å². The minimum atomic E-state index is -4.07. The Hall–Kier alpha value is -3.74. The molecule has 0 spiro atoms. The third-order valence-electron chi connectivity index (χ3n) is 5.73. The van der Waals surface area contributed by atoms with Crippen LogP contribution in [0.2, 0.25) is 0 Å². The fourth-order valence-electron chi connectivity index (χ4n) is 3.99. The summed E-state index contributed by atoms with van der Waals surface area (Å²) in [6.45, 7) is 3.97. The van der Waals surface area contributed by atoms with Gasteiger partial charge in [-0.25, -0.2) is 0 Å². The van der Waals surface area contributed by atoms with Crippen LogP contribution in [0.3, 0.4) is 0 Å². The molecule has 0 saturated heterocycles. The van der Waals surface area contributed by atoms with Crippen LogP contribution in [-0.4, -0.2) is 61.9 Å². The van der Waals surface area contributed by atoms with Gasteiger partial charge in [-0.05, 0) is 61.2 Å². The molecule has 0 fully saturated rings. The van der Waals surface area contributed by atoms with E-state index in [-0.39, 0.29) is 47.5 Å². The van der Waals surface area contributed by atoms with Gasteiger partial charge in [0.25, 0.3) is 0 Å². The van der Waals surface area contributed by atoms with Crippen molar-refractivity contribution in [3.8, 4) is 51.0 Å². The lowest BCUT2D eigenvalue weighted by atomic mass is 9.95. The van der Waals surface area contributed by atoms with Crippen LogP contribution >= 0.6 is 0 Å². The zero-order valence-corrected chi connectivity index (χ0v) is 25.4. The number of ether oxygens (including phenoxy) is 3. The monoisotopic (exact) mass is 606 g/mol. The maximum atomic E-state index is 12.4. The highest BCUT2D eigenvalue weighted by molar-refractivity contribution is 7.86. The highest BCUT2D eigenvalue weighted by Crippen LogP contribution is 2.51. The van der Waals surface area contributed by atoms with Crippen LogP contribution in [0.15, 0.2) is 60.2 Å². The van der Waals surface area contributed by atoms with Gasteiger partial charge >= 0.3 is 20.2 Å². The van der Waals surface area contributed by atoms with Crippen molar-refractivity contribution in [3.05, 3.63) is 65.7 Å².